The van der Waals surface area contributed by atoms with Crippen molar-refractivity contribution in [2.24, 2.45) is 0 Å². The molecule has 0 saturated heterocycles. The molecule has 3 rings (SSSR count). The van der Waals surface area contributed by atoms with Crippen molar-refractivity contribution < 1.29 is 9.90 Å². The molecule has 2 heterocycles. The summed E-state index contributed by atoms with van der Waals surface area (Å²) in [6.07, 6.45) is 2.56. The van der Waals surface area contributed by atoms with Crippen LogP contribution in [-0.2, 0) is 5.41 Å². The number of aliphatic hydroxyl groups excluding tert-OH is 1. The molecule has 0 aliphatic rings. The molecule has 0 fully saturated rings. The Balaban J connectivity index is 1.88. The number of nitrogens with one attached hydrogen (secondary N) is 2. The summed E-state index contributed by atoms with van der Waals surface area (Å²) in [5.41, 5.74) is 4.50. The highest BCUT2D eigenvalue weighted by atomic mass is 16.3. The van der Waals surface area contributed by atoms with Crippen molar-refractivity contribution in [2.45, 2.75) is 46.1 Å². The minimum atomic E-state index is -0.651. The highest BCUT2D eigenvalue weighted by Gasteiger charge is 2.17. The fourth-order valence-corrected chi connectivity index (χ4v) is 3.00. The summed E-state index contributed by atoms with van der Waals surface area (Å²) in [4.78, 5) is 16.6. The van der Waals surface area contributed by atoms with Gasteiger partial charge in [-0.2, -0.15) is 5.26 Å². The summed E-state index contributed by atoms with van der Waals surface area (Å²) in [6, 6.07) is 9.76. The molecule has 1 unspecified atom stereocenters. The number of hydrogen-bond donors (Lipinski definition) is 3. The number of hydrogen-bond acceptors (Lipinski definition) is 7. The minimum absolute atomic E-state index is 0.106. The van der Waals surface area contributed by atoms with Crippen LogP contribution < -0.4 is 10.6 Å². The van der Waals surface area contributed by atoms with Crippen LogP contribution in [-0.4, -0.2) is 43.6 Å². The summed E-state index contributed by atoms with van der Waals surface area (Å²) >= 11 is 0. The molecule has 1 atom stereocenters. The second-order valence-electron chi connectivity index (χ2n) is 8.72. The lowest BCUT2D eigenvalue weighted by molar-refractivity contribution is 0.0919. The van der Waals surface area contributed by atoms with Crippen molar-refractivity contribution >= 4 is 17.3 Å². The van der Waals surface area contributed by atoms with E-state index in [0.717, 1.165) is 11.3 Å². The van der Waals surface area contributed by atoms with E-state index in [0.29, 0.717) is 22.6 Å². The number of nitrogens with zero attached hydrogens (tertiary/aromatic N) is 5. The number of carbonyl (C=O) groups excluding carboxylic acids is 1. The fraction of sp³-hybridized carbons (Fsp3) is 0.348. The first kappa shape index (κ1) is 22.9. The van der Waals surface area contributed by atoms with Crippen molar-refractivity contribution in [1.29, 1.82) is 5.26 Å². The van der Waals surface area contributed by atoms with Crippen molar-refractivity contribution in [1.82, 2.24) is 25.3 Å². The molecule has 0 radical (unpaired) electrons. The van der Waals surface area contributed by atoms with Gasteiger partial charge in [0.15, 0.2) is 5.69 Å². The van der Waals surface area contributed by atoms with Gasteiger partial charge in [-0.15, -0.1) is 5.10 Å². The maximum Gasteiger partial charge on any atom is 0.273 e. The number of aryl methyl sites for hydroxylation is 1. The van der Waals surface area contributed by atoms with Crippen molar-refractivity contribution in [2.75, 3.05) is 11.9 Å². The molecule has 32 heavy (non-hydrogen) atoms. The molecule has 0 aliphatic carbocycles. The van der Waals surface area contributed by atoms with Gasteiger partial charge >= 0.3 is 0 Å². The van der Waals surface area contributed by atoms with Gasteiger partial charge in [0.05, 0.1) is 47.2 Å². The van der Waals surface area contributed by atoms with E-state index in [4.69, 9.17) is 0 Å². The zero-order chi connectivity index (χ0) is 23.5. The predicted octanol–water partition coefficient (Wildman–Crippen LogP) is 2.99. The average molecular weight is 434 g/mol. The zero-order valence-electron chi connectivity index (χ0n) is 18.8. The Hall–Kier alpha value is -3.77. The van der Waals surface area contributed by atoms with Gasteiger partial charge in [-0.1, -0.05) is 26.0 Å². The lowest BCUT2D eigenvalue weighted by atomic mass is 9.86. The molecule has 0 spiro atoms. The Labute approximate surface area is 187 Å². The molecule has 1 aromatic carbocycles. The molecule has 0 bridgehead atoms. The number of aromatic nitrogens is 4. The normalized spacial score (nSPS) is 12.2. The van der Waals surface area contributed by atoms with Gasteiger partial charge in [0, 0.05) is 12.2 Å². The summed E-state index contributed by atoms with van der Waals surface area (Å²) in [5.74, 6) is -0.417. The fourth-order valence-electron chi connectivity index (χ4n) is 3.00. The smallest absolute Gasteiger partial charge is 0.273 e. The van der Waals surface area contributed by atoms with Crippen LogP contribution in [0.25, 0.3) is 5.69 Å². The number of anilines is 2. The summed E-state index contributed by atoms with van der Waals surface area (Å²) in [6.45, 7) is 9.84. The van der Waals surface area contributed by atoms with E-state index in [1.54, 1.807) is 19.2 Å². The van der Waals surface area contributed by atoms with Crippen LogP contribution in [0.3, 0.4) is 0 Å². The molecule has 1 amide bonds. The van der Waals surface area contributed by atoms with E-state index >= 15 is 0 Å². The largest absolute Gasteiger partial charge is 0.392 e. The minimum Gasteiger partial charge on any atom is -0.392 e. The number of amides is 1. The molecule has 166 valence electrons. The second kappa shape index (κ2) is 9.16. The number of pyridine rings is 1. The number of rotatable bonds is 6. The first-order chi connectivity index (χ1) is 15.1. The third-order valence-corrected chi connectivity index (χ3v) is 4.81. The van der Waals surface area contributed by atoms with Crippen LogP contribution in [0.2, 0.25) is 0 Å². The van der Waals surface area contributed by atoms with Crippen molar-refractivity contribution in [3.05, 3.63) is 59.2 Å². The predicted molar refractivity (Wildman–Crippen MR) is 121 cm³/mol. The van der Waals surface area contributed by atoms with Gasteiger partial charge in [-0.25, -0.2) is 4.68 Å². The Bertz CT molecular complexity index is 1170. The van der Waals surface area contributed by atoms with E-state index in [-0.39, 0.29) is 17.7 Å². The number of aliphatic hydroxyl groups is 1. The molecule has 3 aromatic rings. The first-order valence-corrected chi connectivity index (χ1v) is 10.2. The highest BCUT2D eigenvalue weighted by molar-refractivity contribution is 5.91. The van der Waals surface area contributed by atoms with E-state index in [2.05, 4.69) is 52.8 Å². The maximum atomic E-state index is 12.2. The number of benzene rings is 1. The topological polar surface area (TPSA) is 129 Å². The Morgan fingerprint density at radius 3 is 2.66 bits per heavy atom. The lowest BCUT2D eigenvalue weighted by Crippen LogP contribution is -2.30. The van der Waals surface area contributed by atoms with Crippen molar-refractivity contribution in [3.63, 3.8) is 0 Å². The van der Waals surface area contributed by atoms with E-state index in [1.807, 2.05) is 25.1 Å². The van der Waals surface area contributed by atoms with Crippen LogP contribution >= 0.6 is 0 Å². The van der Waals surface area contributed by atoms with Crippen LogP contribution in [0.1, 0.15) is 55.0 Å². The molecular formula is C23H27N7O2. The summed E-state index contributed by atoms with van der Waals surface area (Å²) in [7, 11) is 0. The Kier molecular flexibility index (Phi) is 6.55. The van der Waals surface area contributed by atoms with Crippen LogP contribution in [0.5, 0.6) is 0 Å². The maximum absolute atomic E-state index is 12.2. The number of carbonyl (C=O) groups is 1. The van der Waals surface area contributed by atoms with Crippen LogP contribution in [0.4, 0.5) is 11.4 Å². The molecule has 3 N–H and O–H groups in total. The van der Waals surface area contributed by atoms with Gasteiger partial charge in [-0.05, 0) is 49.1 Å². The zero-order valence-corrected chi connectivity index (χ0v) is 18.8. The Morgan fingerprint density at radius 2 is 2.00 bits per heavy atom. The van der Waals surface area contributed by atoms with E-state index in [1.165, 1.54) is 10.9 Å². The van der Waals surface area contributed by atoms with Crippen LogP contribution in [0, 0.1) is 18.3 Å². The van der Waals surface area contributed by atoms with Gasteiger partial charge in [0.1, 0.15) is 0 Å². The molecule has 9 heteroatoms. The SMILES string of the molecule is Cc1ncc(Nc2cc(C#N)cc(C(C)(C)C)c2)cc1-n1cc(C(=O)NCC(C)O)nn1. The van der Waals surface area contributed by atoms with Gasteiger partial charge in [-0.3, -0.25) is 9.78 Å². The molecular weight excluding hydrogens is 406 g/mol. The van der Waals surface area contributed by atoms with Gasteiger partial charge < -0.3 is 15.7 Å². The van der Waals surface area contributed by atoms with Gasteiger partial charge in [0.2, 0.25) is 0 Å². The third-order valence-electron chi connectivity index (χ3n) is 4.81. The quantitative estimate of drug-likeness (QED) is 0.545. The Morgan fingerprint density at radius 1 is 1.25 bits per heavy atom. The van der Waals surface area contributed by atoms with E-state index in [9.17, 15) is 15.2 Å². The monoisotopic (exact) mass is 433 g/mol. The first-order valence-electron chi connectivity index (χ1n) is 10.2. The molecule has 0 saturated carbocycles. The number of nitriles is 1. The van der Waals surface area contributed by atoms with Crippen LogP contribution in [0.15, 0.2) is 36.7 Å². The third kappa shape index (κ3) is 5.47. The lowest BCUT2D eigenvalue weighted by Gasteiger charge is -2.21. The molecule has 2 aromatic heterocycles. The van der Waals surface area contributed by atoms with Crippen molar-refractivity contribution in [3.8, 4) is 11.8 Å². The second-order valence-corrected chi connectivity index (χ2v) is 8.72. The standard InChI is InChI=1S/C23H27N7O2/c1-14(31)11-26-22(32)20-13-30(29-28-20)21-9-19(12-25-15(21)2)27-18-7-16(10-24)6-17(8-18)23(3,4)5/h6-9,12-14,27,31H,11H2,1-5H3,(H,26,32). The van der Waals surface area contributed by atoms with Gasteiger partial charge in [0.25, 0.3) is 5.91 Å². The molecule has 0 aliphatic heterocycles. The average Bonchev–Trinajstić information content (AvgIpc) is 3.22. The molecule has 9 nitrogen and oxygen atoms in total. The summed E-state index contributed by atoms with van der Waals surface area (Å²) in [5, 5.41) is 32.6. The van der Waals surface area contributed by atoms with E-state index < -0.39 is 12.0 Å². The summed E-state index contributed by atoms with van der Waals surface area (Å²) < 4.78 is 1.48. The highest BCUT2D eigenvalue weighted by Crippen LogP contribution is 2.28.